The van der Waals surface area contributed by atoms with Crippen molar-refractivity contribution in [2.45, 2.75) is 0 Å². The van der Waals surface area contributed by atoms with E-state index in [1.165, 1.54) is 115 Å². The predicted molar refractivity (Wildman–Crippen MR) is 231 cm³/mol. The Balaban J connectivity index is 1.12. The summed E-state index contributed by atoms with van der Waals surface area (Å²) in [6.07, 6.45) is 2.13. The molecule has 0 saturated carbocycles. The van der Waals surface area contributed by atoms with Crippen LogP contribution in [0.25, 0.3) is 126 Å². The van der Waals surface area contributed by atoms with Crippen molar-refractivity contribution < 1.29 is 0 Å². The van der Waals surface area contributed by atoms with Crippen molar-refractivity contribution >= 4 is 109 Å². The lowest BCUT2D eigenvalue weighted by Crippen LogP contribution is -1.93. The molecule has 0 fully saturated rings. The van der Waals surface area contributed by atoms with Crippen LogP contribution in [0.4, 0.5) is 0 Å². The van der Waals surface area contributed by atoms with E-state index in [1.54, 1.807) is 0 Å². The Morgan fingerprint density at radius 2 is 0.982 bits per heavy atom. The largest absolute Gasteiger partial charge is 0.309 e. The van der Waals surface area contributed by atoms with Gasteiger partial charge in [-0.2, -0.15) is 0 Å². The van der Waals surface area contributed by atoms with Crippen molar-refractivity contribution in [3.63, 3.8) is 0 Å². The quantitative estimate of drug-likeness (QED) is 0.177. The SMILES string of the molecule is c1ccc(-n2c3ccccc3c3cc(-c4cccc5c6cccc7c8c9c%10cccc%11c%12ccc%13ccccc%13c%12n(c9ncc8n(c45)c67)c%11%10)ccc32)cc1. The molecule has 0 N–H and O–H groups in total. The minimum Gasteiger partial charge on any atom is -0.309 e. The molecule has 0 saturated heterocycles. The molecule has 0 spiro atoms. The van der Waals surface area contributed by atoms with E-state index < -0.39 is 0 Å². The summed E-state index contributed by atoms with van der Waals surface area (Å²) in [5.74, 6) is 0. The standard InChI is InChI=1S/C51H28N4/c1-2-12-31(13-3-1)53-42-22-7-6-15-34(42)41-27-30(24-26-43(41)53)33-16-8-17-35-36-18-9-20-39-45-44(54(47(33)35)49(36)39)28-52-51-46(45)40-21-10-19-37-38-25-23-29-11-4-5-14-32(29)48(38)55(51)50(37)40/h1-28H. The first-order chi connectivity index (χ1) is 27.3. The molecular weight excluding hydrogens is 669 g/mol. The lowest BCUT2D eigenvalue weighted by molar-refractivity contribution is 1.18. The van der Waals surface area contributed by atoms with Gasteiger partial charge in [-0.3, -0.25) is 4.40 Å². The number of rotatable bonds is 2. The maximum atomic E-state index is 5.40. The summed E-state index contributed by atoms with van der Waals surface area (Å²) in [5.41, 5.74) is 13.1. The zero-order chi connectivity index (χ0) is 35.5. The molecule has 6 heterocycles. The number of benzene rings is 8. The maximum Gasteiger partial charge on any atom is 0.146 e. The van der Waals surface area contributed by atoms with Crippen LogP contribution >= 0.6 is 0 Å². The van der Waals surface area contributed by atoms with Gasteiger partial charge in [-0.15, -0.1) is 0 Å². The van der Waals surface area contributed by atoms with Gasteiger partial charge in [0.25, 0.3) is 0 Å². The molecule has 0 aliphatic heterocycles. The van der Waals surface area contributed by atoms with Gasteiger partial charge in [0.1, 0.15) is 5.65 Å². The summed E-state index contributed by atoms with van der Waals surface area (Å²) >= 11 is 0. The minimum atomic E-state index is 1.02. The Bertz CT molecular complexity index is 3940. The van der Waals surface area contributed by atoms with Gasteiger partial charge in [0.15, 0.2) is 0 Å². The number of pyridine rings is 1. The average Bonchev–Trinajstić information content (AvgIpc) is 4.04. The highest BCUT2D eigenvalue weighted by Crippen LogP contribution is 2.48. The summed E-state index contributed by atoms with van der Waals surface area (Å²) in [7, 11) is 0. The Labute approximate surface area is 313 Å². The van der Waals surface area contributed by atoms with Crippen molar-refractivity contribution in [2.24, 2.45) is 0 Å². The summed E-state index contributed by atoms with van der Waals surface area (Å²) < 4.78 is 7.34. The first-order valence-electron chi connectivity index (χ1n) is 19.0. The topological polar surface area (TPSA) is 26.6 Å². The molecule has 0 aliphatic rings. The smallest absolute Gasteiger partial charge is 0.146 e. The summed E-state index contributed by atoms with van der Waals surface area (Å²) in [4.78, 5) is 5.40. The van der Waals surface area contributed by atoms with E-state index in [2.05, 4.69) is 183 Å². The molecule has 0 radical (unpaired) electrons. The number of hydrogen-bond acceptors (Lipinski definition) is 1. The molecular formula is C51H28N4. The van der Waals surface area contributed by atoms with E-state index in [-0.39, 0.29) is 0 Å². The Hall–Kier alpha value is -7.43. The zero-order valence-corrected chi connectivity index (χ0v) is 29.5. The second kappa shape index (κ2) is 9.75. The van der Waals surface area contributed by atoms with E-state index in [1.807, 2.05) is 0 Å². The van der Waals surface area contributed by atoms with Gasteiger partial charge in [0.2, 0.25) is 0 Å². The van der Waals surface area contributed by atoms with Crippen LogP contribution in [0.1, 0.15) is 0 Å². The van der Waals surface area contributed by atoms with E-state index in [4.69, 9.17) is 4.98 Å². The Morgan fingerprint density at radius 1 is 0.364 bits per heavy atom. The highest BCUT2D eigenvalue weighted by Gasteiger charge is 2.26. The second-order valence-corrected chi connectivity index (χ2v) is 15.1. The fourth-order valence-corrected chi connectivity index (χ4v) is 10.4. The second-order valence-electron chi connectivity index (χ2n) is 15.1. The molecule has 55 heavy (non-hydrogen) atoms. The molecule has 0 amide bonds. The van der Waals surface area contributed by atoms with Gasteiger partial charge in [-0.05, 0) is 41.3 Å². The number of nitrogens with zero attached hydrogens (tertiary/aromatic N) is 4. The van der Waals surface area contributed by atoms with Crippen molar-refractivity contribution in [3.8, 4) is 16.8 Å². The first-order valence-corrected chi connectivity index (χ1v) is 19.0. The van der Waals surface area contributed by atoms with Crippen molar-refractivity contribution in [1.82, 2.24) is 18.4 Å². The normalized spacial score (nSPS) is 12.7. The van der Waals surface area contributed by atoms with Crippen molar-refractivity contribution in [1.29, 1.82) is 0 Å². The van der Waals surface area contributed by atoms with E-state index in [0.717, 1.165) is 11.2 Å². The van der Waals surface area contributed by atoms with E-state index >= 15 is 0 Å². The molecule has 0 unspecified atom stereocenters. The first kappa shape index (κ1) is 28.1. The molecule has 14 aromatic rings. The van der Waals surface area contributed by atoms with Gasteiger partial charge in [0, 0.05) is 70.5 Å². The summed E-state index contributed by atoms with van der Waals surface area (Å²) in [6.45, 7) is 0. The van der Waals surface area contributed by atoms with Crippen LogP contribution in [-0.4, -0.2) is 18.4 Å². The third kappa shape index (κ3) is 3.29. The van der Waals surface area contributed by atoms with Crippen LogP contribution in [-0.2, 0) is 0 Å². The van der Waals surface area contributed by atoms with Gasteiger partial charge in [0.05, 0.1) is 44.8 Å². The highest BCUT2D eigenvalue weighted by atomic mass is 15.0. The van der Waals surface area contributed by atoms with Crippen molar-refractivity contribution in [2.75, 3.05) is 0 Å². The fourth-order valence-electron chi connectivity index (χ4n) is 10.4. The number of fused-ring (bicyclic) bond motifs is 18. The van der Waals surface area contributed by atoms with Gasteiger partial charge < -0.3 is 8.97 Å². The lowest BCUT2D eigenvalue weighted by Gasteiger charge is -2.09. The average molecular weight is 697 g/mol. The van der Waals surface area contributed by atoms with Gasteiger partial charge in [-0.1, -0.05) is 133 Å². The Kier molecular flexibility index (Phi) is 4.99. The molecule has 0 aliphatic carbocycles. The molecule has 14 rings (SSSR count). The number of aromatic nitrogens is 4. The third-order valence-electron chi connectivity index (χ3n) is 12.5. The Morgan fingerprint density at radius 3 is 1.84 bits per heavy atom. The summed E-state index contributed by atoms with van der Waals surface area (Å²) in [6, 6.07) is 60.2. The zero-order valence-electron chi connectivity index (χ0n) is 29.5. The number of hydrogen-bond donors (Lipinski definition) is 0. The van der Waals surface area contributed by atoms with Gasteiger partial charge in [-0.25, -0.2) is 4.98 Å². The molecule has 4 heteroatoms. The van der Waals surface area contributed by atoms with Crippen molar-refractivity contribution in [3.05, 3.63) is 170 Å². The molecule has 8 aromatic carbocycles. The van der Waals surface area contributed by atoms with Crippen LogP contribution < -0.4 is 0 Å². The molecule has 6 aromatic heterocycles. The third-order valence-corrected chi connectivity index (χ3v) is 12.5. The van der Waals surface area contributed by atoms with Crippen LogP contribution in [0, 0.1) is 0 Å². The van der Waals surface area contributed by atoms with Crippen LogP contribution in [0.3, 0.4) is 0 Å². The van der Waals surface area contributed by atoms with E-state index in [0.29, 0.717) is 0 Å². The molecule has 0 atom stereocenters. The molecule has 252 valence electrons. The van der Waals surface area contributed by atoms with Crippen LogP contribution in [0.15, 0.2) is 170 Å². The highest BCUT2D eigenvalue weighted by molar-refractivity contribution is 6.36. The van der Waals surface area contributed by atoms with E-state index in [9.17, 15) is 0 Å². The predicted octanol–water partition coefficient (Wildman–Crippen LogP) is 13.3. The fraction of sp³-hybridized carbons (Fsp3) is 0. The van der Waals surface area contributed by atoms with Crippen LogP contribution in [0.5, 0.6) is 0 Å². The molecule has 4 nitrogen and oxygen atoms in total. The van der Waals surface area contributed by atoms with Crippen LogP contribution in [0.2, 0.25) is 0 Å². The molecule has 0 bridgehead atoms. The maximum absolute atomic E-state index is 5.40. The summed E-state index contributed by atoms with van der Waals surface area (Å²) in [5, 5.41) is 15.1. The number of para-hydroxylation sites is 5. The lowest BCUT2D eigenvalue weighted by atomic mass is 9.99. The minimum absolute atomic E-state index is 1.02. The monoisotopic (exact) mass is 696 g/mol. The van der Waals surface area contributed by atoms with Gasteiger partial charge >= 0.3 is 0 Å².